The number of amides is 1. The van der Waals surface area contributed by atoms with Crippen LogP contribution in [0.4, 0.5) is 24.5 Å². The zero-order valence-electron chi connectivity index (χ0n) is 17.8. The summed E-state index contributed by atoms with van der Waals surface area (Å²) in [4.78, 5) is 12.1. The van der Waals surface area contributed by atoms with Crippen LogP contribution in [0.15, 0.2) is 24.3 Å². The number of hydrogen-bond acceptors (Lipinski definition) is 4. The molecule has 5 nitrogen and oxygen atoms in total. The van der Waals surface area contributed by atoms with E-state index in [1.54, 1.807) is 33.8 Å². The van der Waals surface area contributed by atoms with Crippen molar-refractivity contribution in [1.29, 1.82) is 0 Å². The lowest BCUT2D eigenvalue weighted by Gasteiger charge is -2.32. The van der Waals surface area contributed by atoms with Crippen LogP contribution in [-0.4, -0.2) is 24.2 Å². The summed E-state index contributed by atoms with van der Waals surface area (Å²) in [5.74, 6) is -3.94. The molecule has 2 aliphatic rings. The number of carbonyl (C=O) groups excluding carboxylic acids is 1. The van der Waals surface area contributed by atoms with Crippen molar-refractivity contribution in [1.82, 2.24) is 0 Å². The van der Waals surface area contributed by atoms with Gasteiger partial charge in [0.05, 0.1) is 28.1 Å². The zero-order chi connectivity index (χ0) is 22.7. The third kappa shape index (κ3) is 3.81. The van der Waals surface area contributed by atoms with E-state index in [0.717, 1.165) is 24.5 Å². The van der Waals surface area contributed by atoms with Crippen LogP contribution in [0.2, 0.25) is 0 Å². The summed E-state index contributed by atoms with van der Waals surface area (Å²) in [6.07, 6.45) is 2.00. The van der Waals surface area contributed by atoms with Crippen molar-refractivity contribution in [3.63, 3.8) is 0 Å². The van der Waals surface area contributed by atoms with Crippen LogP contribution in [0, 0.1) is 17.5 Å². The highest BCUT2D eigenvalue weighted by Crippen LogP contribution is 2.41. The van der Waals surface area contributed by atoms with E-state index in [-0.39, 0.29) is 16.7 Å². The van der Waals surface area contributed by atoms with Gasteiger partial charge in [-0.25, -0.2) is 13.2 Å². The summed E-state index contributed by atoms with van der Waals surface area (Å²) >= 11 is 0. The van der Waals surface area contributed by atoms with Gasteiger partial charge in [-0.1, -0.05) is 6.07 Å². The van der Waals surface area contributed by atoms with Crippen LogP contribution in [-0.2, 0) is 9.31 Å². The number of hydrogen-bond donors (Lipinski definition) is 2. The monoisotopic (exact) mass is 432 g/mol. The Balaban J connectivity index is 1.73. The molecule has 31 heavy (non-hydrogen) atoms. The maximum Gasteiger partial charge on any atom is 0.497 e. The molecule has 2 aromatic rings. The summed E-state index contributed by atoms with van der Waals surface area (Å²) in [7, 11) is -1.23. The third-order valence-electron chi connectivity index (χ3n) is 6.31. The van der Waals surface area contributed by atoms with Gasteiger partial charge in [-0.3, -0.25) is 4.79 Å². The highest BCUT2D eigenvalue weighted by molar-refractivity contribution is 6.62. The maximum atomic E-state index is 15.1. The molecular weight excluding hydrogens is 408 g/mol. The first kappa shape index (κ1) is 21.7. The number of halogens is 3. The second-order valence-corrected chi connectivity index (χ2v) is 9.11. The lowest BCUT2D eigenvalue weighted by molar-refractivity contribution is 0.00578. The van der Waals surface area contributed by atoms with Gasteiger partial charge in [-0.15, -0.1) is 0 Å². The van der Waals surface area contributed by atoms with Gasteiger partial charge in [0, 0.05) is 5.46 Å². The van der Waals surface area contributed by atoms with E-state index in [0.29, 0.717) is 5.92 Å². The van der Waals surface area contributed by atoms with Gasteiger partial charge in [-0.05, 0) is 70.2 Å². The molecule has 0 atom stereocenters. The predicted molar refractivity (Wildman–Crippen MR) is 112 cm³/mol. The van der Waals surface area contributed by atoms with Crippen LogP contribution in [0.1, 0.15) is 62.4 Å². The van der Waals surface area contributed by atoms with Gasteiger partial charge >= 0.3 is 7.12 Å². The summed E-state index contributed by atoms with van der Waals surface area (Å²) < 4.78 is 56.2. The van der Waals surface area contributed by atoms with Crippen LogP contribution in [0.25, 0.3) is 0 Å². The molecule has 3 N–H and O–H groups in total. The molecular formula is C22H24BF3N2O3. The van der Waals surface area contributed by atoms with Crippen LogP contribution < -0.4 is 16.5 Å². The molecule has 1 saturated heterocycles. The molecule has 1 amide bonds. The molecule has 0 radical (unpaired) electrons. The van der Waals surface area contributed by atoms with Crippen molar-refractivity contribution in [3.05, 3.63) is 52.8 Å². The van der Waals surface area contributed by atoms with Gasteiger partial charge in [0.15, 0.2) is 11.6 Å². The topological polar surface area (TPSA) is 73.6 Å². The van der Waals surface area contributed by atoms with E-state index in [1.807, 2.05) is 0 Å². The van der Waals surface area contributed by atoms with Gasteiger partial charge in [-0.2, -0.15) is 0 Å². The molecule has 2 aromatic carbocycles. The number of anilines is 2. The number of primary amides is 1. The second-order valence-electron chi connectivity index (χ2n) is 9.11. The van der Waals surface area contributed by atoms with Crippen molar-refractivity contribution in [2.45, 2.75) is 57.7 Å². The largest absolute Gasteiger partial charge is 0.497 e. The fraction of sp³-hybridized carbons (Fsp3) is 0.409. The molecule has 0 unspecified atom stereocenters. The van der Waals surface area contributed by atoms with Crippen molar-refractivity contribution < 1.29 is 27.3 Å². The minimum atomic E-state index is -1.37. The van der Waals surface area contributed by atoms with Gasteiger partial charge in [0.1, 0.15) is 5.82 Å². The molecule has 1 aliphatic carbocycles. The van der Waals surface area contributed by atoms with Crippen LogP contribution in [0.3, 0.4) is 0 Å². The first-order valence-electron chi connectivity index (χ1n) is 10.1. The van der Waals surface area contributed by atoms with Crippen molar-refractivity contribution in [2.24, 2.45) is 5.73 Å². The van der Waals surface area contributed by atoms with Crippen LogP contribution >= 0.6 is 0 Å². The van der Waals surface area contributed by atoms with Crippen molar-refractivity contribution in [2.75, 3.05) is 5.32 Å². The van der Waals surface area contributed by atoms with E-state index in [9.17, 15) is 9.18 Å². The number of carbonyl (C=O) groups is 1. The summed E-state index contributed by atoms with van der Waals surface area (Å²) in [5, 5.41) is 2.50. The molecule has 1 heterocycles. The van der Waals surface area contributed by atoms with Gasteiger partial charge in [0.2, 0.25) is 0 Å². The first-order valence-corrected chi connectivity index (χ1v) is 10.1. The van der Waals surface area contributed by atoms with E-state index in [4.69, 9.17) is 15.0 Å². The molecule has 1 saturated carbocycles. The minimum absolute atomic E-state index is 0.0893. The Bertz CT molecular complexity index is 1050. The normalized spacial score (nSPS) is 19.5. The summed E-state index contributed by atoms with van der Waals surface area (Å²) in [6, 6.07) is 5.60. The average molecular weight is 432 g/mol. The molecule has 0 aromatic heterocycles. The lowest BCUT2D eigenvalue weighted by atomic mass is 9.77. The standard InChI is InChI=1S/C22H24BF3N2O3/c1-21(2)22(3,4)31-23(30-21)14-10-13(20(27)29)19(18(26)17(14)25)28-16-8-7-12(9-15(16)24)11-5-6-11/h7-11,28H,5-6H2,1-4H3,(H2,27,29). The van der Waals surface area contributed by atoms with Crippen molar-refractivity contribution in [3.8, 4) is 0 Å². The second kappa shape index (κ2) is 7.27. The van der Waals surface area contributed by atoms with E-state index in [2.05, 4.69) is 5.32 Å². The predicted octanol–water partition coefficient (Wildman–Crippen LogP) is 4.12. The Morgan fingerprint density at radius 2 is 1.68 bits per heavy atom. The average Bonchev–Trinajstić information content (AvgIpc) is 3.47. The number of rotatable bonds is 5. The Labute approximate surface area is 179 Å². The number of nitrogens with one attached hydrogen (secondary N) is 1. The molecule has 164 valence electrons. The quantitative estimate of drug-likeness (QED) is 0.698. The van der Waals surface area contributed by atoms with Crippen molar-refractivity contribution >= 4 is 29.9 Å². The lowest BCUT2D eigenvalue weighted by Crippen LogP contribution is -2.41. The summed E-state index contributed by atoms with van der Waals surface area (Å²) in [5.41, 5.74) is 3.43. The highest BCUT2D eigenvalue weighted by atomic mass is 19.2. The molecule has 4 rings (SSSR count). The fourth-order valence-corrected chi connectivity index (χ4v) is 3.54. The van der Waals surface area contributed by atoms with E-state index < -0.39 is 47.4 Å². The SMILES string of the molecule is CC1(C)OB(c2cc(C(N)=O)c(Nc3ccc(C4CC4)cc3F)c(F)c2F)OC1(C)C. The zero-order valence-corrected chi connectivity index (χ0v) is 17.8. The highest BCUT2D eigenvalue weighted by Gasteiger charge is 2.53. The number of nitrogens with two attached hydrogens (primary N) is 1. The first-order chi connectivity index (χ1) is 14.4. The fourth-order valence-electron chi connectivity index (χ4n) is 3.54. The Morgan fingerprint density at radius 1 is 1.06 bits per heavy atom. The molecule has 0 bridgehead atoms. The Hall–Kier alpha value is -2.52. The maximum absolute atomic E-state index is 15.1. The smallest absolute Gasteiger partial charge is 0.399 e. The minimum Gasteiger partial charge on any atom is -0.399 e. The molecule has 9 heteroatoms. The summed E-state index contributed by atoms with van der Waals surface area (Å²) in [6.45, 7) is 7.06. The third-order valence-corrected chi connectivity index (χ3v) is 6.31. The molecule has 1 aliphatic heterocycles. The Kier molecular flexibility index (Phi) is 5.09. The Morgan fingerprint density at radius 3 is 2.19 bits per heavy atom. The van der Waals surface area contributed by atoms with E-state index in [1.165, 1.54) is 12.1 Å². The van der Waals surface area contributed by atoms with Gasteiger partial charge < -0.3 is 20.4 Å². The molecule has 0 spiro atoms. The van der Waals surface area contributed by atoms with Crippen LogP contribution in [0.5, 0.6) is 0 Å². The number of benzene rings is 2. The van der Waals surface area contributed by atoms with Gasteiger partial charge in [0.25, 0.3) is 5.91 Å². The molecule has 2 fully saturated rings. The van der Waals surface area contributed by atoms with E-state index >= 15 is 8.78 Å².